The molecule has 0 radical (unpaired) electrons. The molecule has 2 aromatic carbocycles. The Bertz CT molecular complexity index is 1090. The summed E-state index contributed by atoms with van der Waals surface area (Å²) < 4.78 is 19.3. The summed E-state index contributed by atoms with van der Waals surface area (Å²) in [6, 6.07) is 12.0. The molecule has 1 aromatic heterocycles. The molecule has 2 heterocycles. The second-order valence-electron chi connectivity index (χ2n) is 8.14. The van der Waals surface area contributed by atoms with Gasteiger partial charge in [0.25, 0.3) is 0 Å². The summed E-state index contributed by atoms with van der Waals surface area (Å²) >= 11 is 13.5. The summed E-state index contributed by atoms with van der Waals surface area (Å²) in [6.45, 7) is 2.55. The van der Waals surface area contributed by atoms with Gasteiger partial charge in [0.05, 0.1) is 12.5 Å². The molecule has 34 heavy (non-hydrogen) atoms. The normalized spacial score (nSPS) is 16.5. The van der Waals surface area contributed by atoms with E-state index in [9.17, 15) is 9.18 Å². The number of rotatable bonds is 9. The molecule has 1 amide bonds. The predicted octanol–water partition coefficient (Wildman–Crippen LogP) is 5.44. The maximum absolute atomic E-state index is 13.8. The molecular weight excluding hydrogens is 498 g/mol. The van der Waals surface area contributed by atoms with Crippen molar-refractivity contribution in [1.82, 2.24) is 20.4 Å². The van der Waals surface area contributed by atoms with Crippen LogP contribution in [0, 0.1) is 11.7 Å². The maximum atomic E-state index is 13.8. The summed E-state index contributed by atoms with van der Waals surface area (Å²) in [5, 5.41) is 8.15. The van der Waals surface area contributed by atoms with Crippen LogP contribution in [0.1, 0.15) is 24.3 Å². The van der Waals surface area contributed by atoms with E-state index in [4.69, 9.17) is 27.7 Å². The van der Waals surface area contributed by atoms with Crippen molar-refractivity contribution in [2.24, 2.45) is 5.92 Å². The summed E-state index contributed by atoms with van der Waals surface area (Å²) in [5.74, 6) is 1.86. The van der Waals surface area contributed by atoms with Gasteiger partial charge in [-0.05, 0) is 55.8 Å². The van der Waals surface area contributed by atoms with Gasteiger partial charge in [-0.3, -0.25) is 9.69 Å². The summed E-state index contributed by atoms with van der Waals surface area (Å²) in [4.78, 5) is 19.3. The smallest absolute Gasteiger partial charge is 0.241 e. The van der Waals surface area contributed by atoms with Crippen molar-refractivity contribution < 1.29 is 13.7 Å². The van der Waals surface area contributed by atoms with E-state index in [0.29, 0.717) is 58.5 Å². The van der Waals surface area contributed by atoms with E-state index in [0.717, 1.165) is 24.9 Å². The molecule has 1 N–H and O–H groups in total. The number of likely N-dealkylation sites (tertiary alicyclic amines) is 1. The number of thioether (sulfide) groups is 1. The highest BCUT2D eigenvalue weighted by Crippen LogP contribution is 2.24. The second kappa shape index (κ2) is 12.0. The van der Waals surface area contributed by atoms with Gasteiger partial charge in [0.2, 0.25) is 17.6 Å². The first-order valence-corrected chi connectivity index (χ1v) is 13.0. The van der Waals surface area contributed by atoms with E-state index in [2.05, 4.69) is 20.4 Å². The van der Waals surface area contributed by atoms with E-state index in [1.165, 1.54) is 6.07 Å². The molecule has 4 rings (SSSR count). The summed E-state index contributed by atoms with van der Waals surface area (Å²) in [5.41, 5.74) is 1.34. The van der Waals surface area contributed by atoms with Crippen molar-refractivity contribution in [3.8, 4) is 11.4 Å². The Hall–Kier alpha value is -2.13. The number of hydrogen-bond acceptors (Lipinski definition) is 6. The zero-order chi connectivity index (χ0) is 23.9. The minimum atomic E-state index is -0.298. The molecular formula is C24H25Cl2FN4O2S. The highest BCUT2D eigenvalue weighted by Gasteiger charge is 2.26. The lowest BCUT2D eigenvalue weighted by atomic mass is 9.97. The number of hydrogen-bond donors (Lipinski definition) is 1. The maximum Gasteiger partial charge on any atom is 0.241 e. The van der Waals surface area contributed by atoms with Gasteiger partial charge in [-0.1, -0.05) is 34.4 Å². The monoisotopic (exact) mass is 522 g/mol. The van der Waals surface area contributed by atoms with Crippen molar-refractivity contribution in [2.45, 2.75) is 25.1 Å². The van der Waals surface area contributed by atoms with Crippen LogP contribution in [0.2, 0.25) is 10.0 Å². The minimum Gasteiger partial charge on any atom is -0.355 e. The van der Waals surface area contributed by atoms with Crippen LogP contribution in [0.25, 0.3) is 11.4 Å². The van der Waals surface area contributed by atoms with Crippen LogP contribution in [-0.2, 0) is 17.1 Å². The largest absolute Gasteiger partial charge is 0.355 e. The molecule has 3 aromatic rings. The Morgan fingerprint density at radius 1 is 1.24 bits per heavy atom. The first kappa shape index (κ1) is 25.0. The predicted molar refractivity (Wildman–Crippen MR) is 133 cm³/mol. The fourth-order valence-electron chi connectivity index (χ4n) is 3.87. The molecule has 0 saturated carbocycles. The Morgan fingerprint density at radius 2 is 2.06 bits per heavy atom. The van der Waals surface area contributed by atoms with Crippen LogP contribution in [-0.4, -0.2) is 46.3 Å². The fourth-order valence-corrected chi connectivity index (χ4v) is 5.20. The molecule has 10 heteroatoms. The topological polar surface area (TPSA) is 71.3 Å². The van der Waals surface area contributed by atoms with Crippen molar-refractivity contribution in [3.63, 3.8) is 0 Å². The molecule has 1 saturated heterocycles. The van der Waals surface area contributed by atoms with Gasteiger partial charge in [0, 0.05) is 45.8 Å². The van der Waals surface area contributed by atoms with E-state index in [1.807, 2.05) is 12.1 Å². The van der Waals surface area contributed by atoms with E-state index in [1.54, 1.807) is 36.0 Å². The molecule has 1 aliphatic heterocycles. The standard InChI is InChI=1S/C24H25Cl2FN4O2S/c25-18-8-6-16(7-9-18)23-29-22(33-30-23)14-31-11-2-3-17(13-31)24(32)28-10-12-34-15-19-20(26)4-1-5-21(19)27/h1,4-9,17H,2-3,10-15H2,(H,28,32). The van der Waals surface area contributed by atoms with Gasteiger partial charge in [0.15, 0.2) is 0 Å². The number of nitrogens with zero attached hydrogens (tertiary/aromatic N) is 3. The Labute approximate surface area is 212 Å². The van der Waals surface area contributed by atoms with Crippen molar-refractivity contribution in [1.29, 1.82) is 0 Å². The van der Waals surface area contributed by atoms with Gasteiger partial charge < -0.3 is 9.84 Å². The number of aromatic nitrogens is 2. The Balaban J connectivity index is 1.20. The first-order chi connectivity index (χ1) is 16.5. The lowest BCUT2D eigenvalue weighted by Crippen LogP contribution is -2.43. The SMILES string of the molecule is O=C(NCCSCc1c(F)cccc1Cl)C1CCCN(Cc2nc(-c3ccc(Cl)cc3)no2)C1. The lowest BCUT2D eigenvalue weighted by Gasteiger charge is -2.30. The third-order valence-corrected chi connectivity index (χ3v) is 7.25. The third-order valence-electron chi connectivity index (χ3n) is 5.66. The zero-order valence-electron chi connectivity index (χ0n) is 18.5. The van der Waals surface area contributed by atoms with Crippen molar-refractivity contribution >= 4 is 40.9 Å². The Kier molecular flexibility index (Phi) is 8.83. The van der Waals surface area contributed by atoms with Gasteiger partial charge in [-0.15, -0.1) is 0 Å². The van der Waals surface area contributed by atoms with Gasteiger partial charge in [0.1, 0.15) is 5.82 Å². The molecule has 0 spiro atoms. The Morgan fingerprint density at radius 3 is 2.85 bits per heavy atom. The van der Waals surface area contributed by atoms with Gasteiger partial charge in [-0.25, -0.2) is 4.39 Å². The number of halogens is 3. The number of benzene rings is 2. The molecule has 0 bridgehead atoms. The average Bonchev–Trinajstić information content (AvgIpc) is 3.29. The number of carbonyl (C=O) groups excluding carboxylic acids is 1. The summed E-state index contributed by atoms with van der Waals surface area (Å²) in [6.07, 6.45) is 1.77. The van der Waals surface area contributed by atoms with Gasteiger partial charge >= 0.3 is 0 Å². The molecule has 1 aliphatic rings. The second-order valence-corrected chi connectivity index (χ2v) is 10.1. The van der Waals surface area contributed by atoms with E-state index < -0.39 is 0 Å². The number of carbonyl (C=O) groups is 1. The van der Waals surface area contributed by atoms with Crippen LogP contribution in [0.5, 0.6) is 0 Å². The minimum absolute atomic E-state index is 0.0432. The number of nitrogens with one attached hydrogen (secondary N) is 1. The van der Waals surface area contributed by atoms with Crippen molar-refractivity contribution in [3.05, 3.63) is 69.8 Å². The fraction of sp³-hybridized carbons (Fsp3) is 0.375. The molecule has 6 nitrogen and oxygen atoms in total. The van der Waals surface area contributed by atoms with Crippen LogP contribution >= 0.6 is 35.0 Å². The molecule has 0 aliphatic carbocycles. The first-order valence-electron chi connectivity index (χ1n) is 11.1. The van der Waals surface area contributed by atoms with Crippen LogP contribution in [0.4, 0.5) is 4.39 Å². The molecule has 1 unspecified atom stereocenters. The average molecular weight is 523 g/mol. The molecule has 1 fully saturated rings. The van der Waals surface area contributed by atoms with Crippen LogP contribution < -0.4 is 5.32 Å². The van der Waals surface area contributed by atoms with E-state index >= 15 is 0 Å². The van der Waals surface area contributed by atoms with Crippen LogP contribution in [0.3, 0.4) is 0 Å². The molecule has 180 valence electrons. The van der Waals surface area contributed by atoms with E-state index in [-0.39, 0.29) is 17.6 Å². The lowest BCUT2D eigenvalue weighted by molar-refractivity contribution is -0.126. The highest BCUT2D eigenvalue weighted by atomic mass is 35.5. The number of amides is 1. The van der Waals surface area contributed by atoms with Gasteiger partial charge in [-0.2, -0.15) is 16.7 Å². The molecule has 1 atom stereocenters. The summed E-state index contributed by atoms with van der Waals surface area (Å²) in [7, 11) is 0. The van der Waals surface area contributed by atoms with Crippen molar-refractivity contribution in [2.75, 3.05) is 25.4 Å². The zero-order valence-corrected chi connectivity index (χ0v) is 20.8. The number of piperidine rings is 1. The highest BCUT2D eigenvalue weighted by molar-refractivity contribution is 7.98. The van der Waals surface area contributed by atoms with Crippen LogP contribution in [0.15, 0.2) is 47.0 Å². The third kappa shape index (κ3) is 6.72. The quantitative estimate of drug-likeness (QED) is 0.377.